The minimum absolute atomic E-state index is 0.0000371. The lowest BCUT2D eigenvalue weighted by Gasteiger charge is -2.31. The number of rotatable bonds is 10. The first-order valence-corrected chi connectivity index (χ1v) is 9.39. The van der Waals surface area contributed by atoms with Gasteiger partial charge in [-0.25, -0.2) is 4.39 Å². The smallest absolute Gasteiger partial charge is 0.325 e. The summed E-state index contributed by atoms with van der Waals surface area (Å²) in [7, 11) is 0. The number of carbonyl (C=O) groups is 2. The van der Waals surface area contributed by atoms with E-state index in [2.05, 4.69) is 12.2 Å². The fraction of sp³-hybridized carbons (Fsp3) is 0.889. The van der Waals surface area contributed by atoms with Gasteiger partial charge < -0.3 is 15.8 Å². The lowest BCUT2D eigenvalue weighted by Crippen LogP contribution is -2.46. The van der Waals surface area contributed by atoms with Crippen molar-refractivity contribution < 1.29 is 18.7 Å². The standard InChI is InChI=1S/C18H34FN3O3/c1-5-7-14(12(3)21-13(4)23)10-22-11-15(20)9-16(22)18(24)25-17(19)8-6-2/h12,14-17H,5-11,20H2,1-4H3,(H,21,23). The van der Waals surface area contributed by atoms with Crippen LogP contribution in [-0.4, -0.2) is 54.3 Å². The maximum absolute atomic E-state index is 13.6. The van der Waals surface area contributed by atoms with Gasteiger partial charge in [0.25, 0.3) is 0 Å². The Balaban J connectivity index is 2.73. The fourth-order valence-electron chi connectivity index (χ4n) is 3.49. The van der Waals surface area contributed by atoms with Gasteiger partial charge >= 0.3 is 5.97 Å². The van der Waals surface area contributed by atoms with E-state index >= 15 is 0 Å². The average Bonchev–Trinajstić information content (AvgIpc) is 2.87. The molecule has 0 saturated carbocycles. The maximum atomic E-state index is 13.6. The van der Waals surface area contributed by atoms with Crippen molar-refractivity contribution in [1.29, 1.82) is 0 Å². The van der Waals surface area contributed by atoms with Crippen molar-refractivity contribution in [3.8, 4) is 0 Å². The molecule has 1 rings (SSSR count). The molecule has 3 N–H and O–H groups in total. The van der Waals surface area contributed by atoms with Crippen molar-refractivity contribution in [1.82, 2.24) is 10.2 Å². The summed E-state index contributed by atoms with van der Waals surface area (Å²) in [6.45, 7) is 8.62. The molecule has 0 aromatic rings. The molecule has 7 heteroatoms. The normalized spacial score (nSPS) is 24.6. The Morgan fingerprint density at radius 2 is 1.96 bits per heavy atom. The van der Waals surface area contributed by atoms with Crippen LogP contribution >= 0.6 is 0 Å². The van der Waals surface area contributed by atoms with Crippen LogP contribution in [-0.2, 0) is 14.3 Å². The minimum Gasteiger partial charge on any atom is -0.430 e. The molecule has 5 atom stereocenters. The summed E-state index contributed by atoms with van der Waals surface area (Å²) in [5.41, 5.74) is 6.04. The van der Waals surface area contributed by atoms with Crippen LogP contribution in [0.25, 0.3) is 0 Å². The Labute approximate surface area is 150 Å². The number of ether oxygens (including phenoxy) is 1. The van der Waals surface area contributed by atoms with Gasteiger partial charge in [-0.2, -0.15) is 0 Å². The van der Waals surface area contributed by atoms with Crippen molar-refractivity contribution in [3.05, 3.63) is 0 Å². The molecule has 0 spiro atoms. The molecule has 1 heterocycles. The van der Waals surface area contributed by atoms with Crippen LogP contribution in [0.3, 0.4) is 0 Å². The van der Waals surface area contributed by atoms with E-state index in [1.165, 1.54) is 6.92 Å². The van der Waals surface area contributed by atoms with Gasteiger partial charge in [-0.3, -0.25) is 14.5 Å². The van der Waals surface area contributed by atoms with E-state index in [1.54, 1.807) is 0 Å². The fourth-order valence-corrected chi connectivity index (χ4v) is 3.49. The summed E-state index contributed by atoms with van der Waals surface area (Å²) in [4.78, 5) is 25.7. The second-order valence-corrected chi connectivity index (χ2v) is 7.14. The highest BCUT2D eigenvalue weighted by Gasteiger charge is 2.38. The molecule has 0 aromatic carbocycles. The number of alkyl halides is 1. The van der Waals surface area contributed by atoms with Gasteiger partial charge in [-0.1, -0.05) is 20.3 Å². The first kappa shape index (κ1) is 21.8. The summed E-state index contributed by atoms with van der Waals surface area (Å²) in [5.74, 6) is -0.398. The van der Waals surface area contributed by atoms with Gasteiger partial charge in [0.05, 0.1) is 0 Å². The number of amides is 1. The molecule has 1 fully saturated rings. The predicted molar refractivity (Wildman–Crippen MR) is 95.5 cm³/mol. The van der Waals surface area contributed by atoms with E-state index in [1.807, 2.05) is 18.7 Å². The summed E-state index contributed by atoms with van der Waals surface area (Å²) < 4.78 is 18.6. The third kappa shape index (κ3) is 7.28. The molecule has 0 aliphatic carbocycles. The zero-order chi connectivity index (χ0) is 19.0. The molecule has 0 aromatic heterocycles. The van der Waals surface area contributed by atoms with Crippen LogP contribution in [0.2, 0.25) is 0 Å². The predicted octanol–water partition coefficient (Wildman–Crippen LogP) is 1.97. The van der Waals surface area contributed by atoms with Crippen LogP contribution in [0.5, 0.6) is 0 Å². The second kappa shape index (κ2) is 10.7. The van der Waals surface area contributed by atoms with Crippen molar-refractivity contribution in [2.45, 2.75) is 84.3 Å². The van der Waals surface area contributed by atoms with E-state index in [0.29, 0.717) is 25.9 Å². The summed E-state index contributed by atoms with van der Waals surface area (Å²) >= 11 is 0. The number of hydrogen-bond acceptors (Lipinski definition) is 5. The van der Waals surface area contributed by atoms with Gasteiger partial charge in [0.2, 0.25) is 12.3 Å². The van der Waals surface area contributed by atoms with E-state index in [4.69, 9.17) is 10.5 Å². The molecule has 5 unspecified atom stereocenters. The molecular weight excluding hydrogens is 325 g/mol. The number of nitrogens with zero attached hydrogens (tertiary/aromatic N) is 1. The van der Waals surface area contributed by atoms with Crippen LogP contribution in [0.1, 0.15) is 59.8 Å². The quantitative estimate of drug-likeness (QED) is 0.583. The lowest BCUT2D eigenvalue weighted by atomic mass is 9.95. The van der Waals surface area contributed by atoms with E-state index in [-0.39, 0.29) is 30.3 Å². The number of halogens is 1. The Kier molecular flexibility index (Phi) is 9.35. The minimum atomic E-state index is -1.55. The molecule has 0 radical (unpaired) electrons. The van der Waals surface area contributed by atoms with E-state index < -0.39 is 18.4 Å². The van der Waals surface area contributed by atoms with Crippen LogP contribution < -0.4 is 11.1 Å². The molecule has 1 aliphatic rings. The zero-order valence-electron chi connectivity index (χ0n) is 16.0. The Morgan fingerprint density at radius 3 is 2.52 bits per heavy atom. The first-order valence-electron chi connectivity index (χ1n) is 9.39. The first-order chi connectivity index (χ1) is 11.8. The number of esters is 1. The van der Waals surface area contributed by atoms with E-state index in [9.17, 15) is 14.0 Å². The highest BCUT2D eigenvalue weighted by molar-refractivity contribution is 5.76. The largest absolute Gasteiger partial charge is 0.430 e. The molecular formula is C18H34FN3O3. The summed E-state index contributed by atoms with van der Waals surface area (Å²) in [5, 5.41) is 2.93. The van der Waals surface area contributed by atoms with Gasteiger partial charge in [0, 0.05) is 38.5 Å². The third-order valence-electron chi connectivity index (χ3n) is 4.73. The zero-order valence-corrected chi connectivity index (χ0v) is 16.0. The molecule has 25 heavy (non-hydrogen) atoms. The summed E-state index contributed by atoms with van der Waals surface area (Å²) in [6, 6.07) is -0.630. The maximum Gasteiger partial charge on any atom is 0.325 e. The number of nitrogens with two attached hydrogens (primary N) is 1. The van der Waals surface area contributed by atoms with Crippen LogP contribution in [0.15, 0.2) is 0 Å². The van der Waals surface area contributed by atoms with Crippen molar-refractivity contribution in [3.63, 3.8) is 0 Å². The van der Waals surface area contributed by atoms with Gasteiger partial charge in [-0.05, 0) is 32.1 Å². The van der Waals surface area contributed by atoms with Gasteiger partial charge in [0.15, 0.2) is 0 Å². The number of hydrogen-bond donors (Lipinski definition) is 2. The highest BCUT2D eigenvalue weighted by atomic mass is 19.1. The second-order valence-electron chi connectivity index (χ2n) is 7.14. The van der Waals surface area contributed by atoms with Crippen molar-refractivity contribution in [2.24, 2.45) is 11.7 Å². The number of likely N-dealkylation sites (tertiary alicyclic amines) is 1. The number of carbonyl (C=O) groups excluding carboxylic acids is 2. The molecule has 6 nitrogen and oxygen atoms in total. The SMILES string of the molecule is CCCC(F)OC(=O)C1CC(N)CN1CC(CCC)C(C)NC(C)=O. The molecule has 0 bridgehead atoms. The Bertz CT molecular complexity index is 436. The lowest BCUT2D eigenvalue weighted by molar-refractivity contribution is -0.164. The van der Waals surface area contributed by atoms with Crippen LogP contribution in [0.4, 0.5) is 4.39 Å². The average molecular weight is 359 g/mol. The molecule has 1 aliphatic heterocycles. The third-order valence-corrected chi connectivity index (χ3v) is 4.73. The topological polar surface area (TPSA) is 84.7 Å². The summed E-state index contributed by atoms with van der Waals surface area (Å²) in [6.07, 6.45) is 1.66. The Hall–Kier alpha value is -1.21. The molecule has 146 valence electrons. The number of nitrogens with one attached hydrogen (secondary N) is 1. The van der Waals surface area contributed by atoms with Gasteiger partial charge in [-0.15, -0.1) is 0 Å². The Morgan fingerprint density at radius 1 is 1.32 bits per heavy atom. The highest BCUT2D eigenvalue weighted by Crippen LogP contribution is 2.23. The monoisotopic (exact) mass is 359 g/mol. The van der Waals surface area contributed by atoms with Gasteiger partial charge in [0.1, 0.15) is 6.04 Å². The van der Waals surface area contributed by atoms with Crippen molar-refractivity contribution >= 4 is 11.9 Å². The molecule has 1 amide bonds. The van der Waals surface area contributed by atoms with Crippen LogP contribution in [0, 0.1) is 5.92 Å². The van der Waals surface area contributed by atoms with E-state index in [0.717, 1.165) is 12.8 Å². The van der Waals surface area contributed by atoms with Crippen molar-refractivity contribution in [2.75, 3.05) is 13.1 Å². The molecule has 1 saturated heterocycles.